The Balaban J connectivity index is 1.39. The highest BCUT2D eigenvalue weighted by atomic mass is 35.5. The number of nitrogens with one attached hydrogen (secondary N) is 1. The van der Waals surface area contributed by atoms with E-state index >= 15 is 0 Å². The summed E-state index contributed by atoms with van der Waals surface area (Å²) >= 11 is 5.61. The van der Waals surface area contributed by atoms with Crippen LogP contribution in [-0.2, 0) is 11.0 Å². The van der Waals surface area contributed by atoms with E-state index in [2.05, 4.69) is 10.3 Å². The SMILES string of the molecule is O=C(CN1CCN(c2ccc([N+](=O)[O-])c3cccnc23)CC1)Nc1ccc(Cl)c(C(F)(F)F)c1. The zero-order valence-electron chi connectivity index (χ0n) is 17.7. The van der Waals surface area contributed by atoms with Crippen LogP contribution in [0.25, 0.3) is 10.9 Å². The van der Waals surface area contributed by atoms with Crippen molar-refractivity contribution in [3.63, 3.8) is 0 Å². The van der Waals surface area contributed by atoms with E-state index in [-0.39, 0.29) is 17.9 Å². The smallest absolute Gasteiger partial charge is 0.367 e. The fraction of sp³-hybridized carbons (Fsp3) is 0.273. The fourth-order valence-corrected chi connectivity index (χ4v) is 4.15. The molecule has 1 fully saturated rings. The summed E-state index contributed by atoms with van der Waals surface area (Å²) in [5, 5.41) is 13.8. The topological polar surface area (TPSA) is 91.6 Å². The number of carbonyl (C=O) groups excluding carboxylic acids is 1. The maximum absolute atomic E-state index is 13.0. The fourth-order valence-electron chi connectivity index (χ4n) is 3.93. The molecule has 3 aromatic rings. The summed E-state index contributed by atoms with van der Waals surface area (Å²) in [4.78, 5) is 31.5. The van der Waals surface area contributed by atoms with Gasteiger partial charge in [-0.2, -0.15) is 13.2 Å². The van der Waals surface area contributed by atoms with Crippen LogP contribution in [0.4, 0.5) is 30.2 Å². The molecule has 0 unspecified atom stereocenters. The minimum absolute atomic E-state index is 0.0110. The standard InChI is InChI=1S/C22H19ClF3N5O3/c23-17-4-3-14(12-16(17)22(24,25)26)28-20(32)13-29-8-10-30(11-9-29)19-6-5-18(31(33)34)15-2-1-7-27-21(15)19/h1-7,12H,8-11,13H2,(H,28,32). The molecule has 1 amide bonds. The zero-order valence-corrected chi connectivity index (χ0v) is 18.4. The van der Waals surface area contributed by atoms with Crippen LogP contribution in [0.15, 0.2) is 48.7 Å². The molecule has 34 heavy (non-hydrogen) atoms. The molecule has 0 bridgehead atoms. The van der Waals surface area contributed by atoms with Gasteiger partial charge in [0.1, 0.15) is 5.52 Å². The maximum Gasteiger partial charge on any atom is 0.417 e. The molecule has 12 heteroatoms. The van der Waals surface area contributed by atoms with Gasteiger partial charge in [0.15, 0.2) is 0 Å². The molecule has 4 rings (SSSR count). The normalized spacial score (nSPS) is 14.9. The lowest BCUT2D eigenvalue weighted by Gasteiger charge is -2.36. The second-order valence-corrected chi connectivity index (χ2v) is 8.17. The molecular formula is C22H19ClF3N5O3. The molecule has 1 aromatic heterocycles. The molecule has 8 nitrogen and oxygen atoms in total. The van der Waals surface area contributed by atoms with Crippen molar-refractivity contribution in [1.29, 1.82) is 0 Å². The molecule has 0 spiro atoms. The number of hydrogen-bond acceptors (Lipinski definition) is 6. The first kappa shape index (κ1) is 23.7. The van der Waals surface area contributed by atoms with E-state index < -0.39 is 27.6 Å². The van der Waals surface area contributed by atoms with Crippen molar-refractivity contribution in [1.82, 2.24) is 9.88 Å². The van der Waals surface area contributed by atoms with Crippen LogP contribution in [-0.4, -0.2) is 53.4 Å². The molecule has 1 N–H and O–H groups in total. The first-order valence-electron chi connectivity index (χ1n) is 10.3. The van der Waals surface area contributed by atoms with Gasteiger partial charge in [0.2, 0.25) is 5.91 Å². The Kier molecular flexibility index (Phi) is 6.58. The number of amides is 1. The zero-order chi connectivity index (χ0) is 24.5. The number of fused-ring (bicyclic) bond motifs is 1. The van der Waals surface area contributed by atoms with Crippen molar-refractivity contribution in [2.75, 3.05) is 42.9 Å². The monoisotopic (exact) mass is 493 g/mol. The number of nitrogens with zero attached hydrogens (tertiary/aromatic N) is 4. The molecule has 2 aromatic carbocycles. The third kappa shape index (κ3) is 5.05. The number of aromatic nitrogens is 1. The summed E-state index contributed by atoms with van der Waals surface area (Å²) in [6.45, 7) is 2.16. The molecule has 178 valence electrons. The average molecular weight is 494 g/mol. The van der Waals surface area contributed by atoms with Crippen molar-refractivity contribution < 1.29 is 22.9 Å². The number of anilines is 2. The van der Waals surface area contributed by atoms with Crippen molar-refractivity contribution in [2.24, 2.45) is 0 Å². The van der Waals surface area contributed by atoms with Crippen LogP contribution in [0, 0.1) is 10.1 Å². The molecule has 1 aliphatic rings. The average Bonchev–Trinajstić information content (AvgIpc) is 2.79. The van der Waals surface area contributed by atoms with Gasteiger partial charge in [-0.3, -0.25) is 24.8 Å². The van der Waals surface area contributed by atoms with Crippen molar-refractivity contribution in [3.05, 3.63) is 69.4 Å². The number of halogens is 4. The molecule has 0 atom stereocenters. The Hall–Kier alpha value is -3.44. The van der Waals surface area contributed by atoms with Gasteiger partial charge in [-0.1, -0.05) is 11.6 Å². The van der Waals surface area contributed by atoms with E-state index in [1.807, 2.05) is 9.80 Å². The highest BCUT2D eigenvalue weighted by molar-refractivity contribution is 6.31. The summed E-state index contributed by atoms with van der Waals surface area (Å²) in [6.07, 6.45) is -3.04. The van der Waals surface area contributed by atoms with Crippen LogP contribution in [0.2, 0.25) is 5.02 Å². The number of hydrogen-bond donors (Lipinski definition) is 1. The van der Waals surface area contributed by atoms with Crippen molar-refractivity contribution >= 4 is 45.5 Å². The molecule has 0 radical (unpaired) electrons. The molecule has 0 aliphatic carbocycles. The molecule has 1 aliphatic heterocycles. The third-order valence-electron chi connectivity index (χ3n) is 5.56. The minimum atomic E-state index is -4.62. The second kappa shape index (κ2) is 9.43. The number of pyridine rings is 1. The molecule has 2 heterocycles. The van der Waals surface area contributed by atoms with E-state index in [4.69, 9.17) is 11.6 Å². The van der Waals surface area contributed by atoms with E-state index in [1.165, 1.54) is 12.1 Å². The van der Waals surface area contributed by atoms with Gasteiger partial charge in [0.05, 0.1) is 33.1 Å². The van der Waals surface area contributed by atoms with E-state index in [0.29, 0.717) is 37.1 Å². The molecular weight excluding hydrogens is 475 g/mol. The number of non-ortho nitro benzene ring substituents is 1. The largest absolute Gasteiger partial charge is 0.417 e. The van der Waals surface area contributed by atoms with Crippen LogP contribution < -0.4 is 10.2 Å². The van der Waals surface area contributed by atoms with Gasteiger partial charge in [0.25, 0.3) is 5.69 Å². The predicted octanol–water partition coefficient (Wildman–Crippen LogP) is 4.58. The highest BCUT2D eigenvalue weighted by Crippen LogP contribution is 2.36. The Bertz CT molecular complexity index is 1250. The Morgan fingerprint density at radius 2 is 1.88 bits per heavy atom. The van der Waals surface area contributed by atoms with Gasteiger partial charge >= 0.3 is 6.18 Å². The van der Waals surface area contributed by atoms with Gasteiger partial charge < -0.3 is 10.2 Å². The maximum atomic E-state index is 13.0. The van der Waals surface area contributed by atoms with Gasteiger partial charge in [-0.05, 0) is 36.4 Å². The van der Waals surface area contributed by atoms with Crippen molar-refractivity contribution in [2.45, 2.75) is 6.18 Å². The lowest BCUT2D eigenvalue weighted by Crippen LogP contribution is -2.48. The Morgan fingerprint density at radius 3 is 2.56 bits per heavy atom. The molecule has 0 saturated carbocycles. The van der Waals surface area contributed by atoms with E-state index in [0.717, 1.165) is 17.8 Å². The Morgan fingerprint density at radius 1 is 1.15 bits per heavy atom. The number of carbonyl (C=O) groups is 1. The first-order valence-corrected chi connectivity index (χ1v) is 10.7. The van der Waals surface area contributed by atoms with Crippen LogP contribution in [0.5, 0.6) is 0 Å². The summed E-state index contributed by atoms with van der Waals surface area (Å²) < 4.78 is 39.1. The number of piperazine rings is 1. The van der Waals surface area contributed by atoms with Crippen LogP contribution >= 0.6 is 11.6 Å². The van der Waals surface area contributed by atoms with Crippen molar-refractivity contribution in [3.8, 4) is 0 Å². The quantitative estimate of drug-likeness (QED) is 0.413. The second-order valence-electron chi connectivity index (χ2n) is 7.76. The summed E-state index contributed by atoms with van der Waals surface area (Å²) in [7, 11) is 0. The Labute approximate surface area is 197 Å². The van der Waals surface area contributed by atoms with E-state index in [1.54, 1.807) is 24.4 Å². The number of nitro groups is 1. The third-order valence-corrected chi connectivity index (χ3v) is 5.89. The lowest BCUT2D eigenvalue weighted by atomic mass is 10.1. The highest BCUT2D eigenvalue weighted by Gasteiger charge is 2.33. The number of alkyl halides is 3. The summed E-state index contributed by atoms with van der Waals surface area (Å²) in [6, 6.07) is 9.67. The number of nitro benzene ring substituents is 1. The first-order chi connectivity index (χ1) is 16.1. The van der Waals surface area contributed by atoms with Crippen LogP contribution in [0.3, 0.4) is 0 Å². The molecule has 1 saturated heterocycles. The summed E-state index contributed by atoms with van der Waals surface area (Å²) in [5.74, 6) is -0.439. The lowest BCUT2D eigenvalue weighted by molar-refractivity contribution is -0.383. The van der Waals surface area contributed by atoms with Gasteiger partial charge in [-0.15, -0.1) is 0 Å². The predicted molar refractivity (Wildman–Crippen MR) is 122 cm³/mol. The number of rotatable bonds is 5. The van der Waals surface area contributed by atoms with Gasteiger partial charge in [-0.25, -0.2) is 0 Å². The number of benzene rings is 2. The van der Waals surface area contributed by atoms with Gasteiger partial charge in [0, 0.05) is 44.1 Å². The summed E-state index contributed by atoms with van der Waals surface area (Å²) in [5.41, 5.74) is 0.295. The van der Waals surface area contributed by atoms with Crippen LogP contribution in [0.1, 0.15) is 5.56 Å². The minimum Gasteiger partial charge on any atom is -0.367 e. The van der Waals surface area contributed by atoms with E-state index in [9.17, 15) is 28.1 Å².